The van der Waals surface area contributed by atoms with Gasteiger partial charge in [-0.05, 0) is 37.5 Å². The van der Waals surface area contributed by atoms with Crippen molar-refractivity contribution >= 4 is 17.4 Å². The van der Waals surface area contributed by atoms with E-state index in [-0.39, 0.29) is 5.92 Å². The number of aliphatic hydroxyl groups is 1. The number of hydrogen-bond acceptors (Lipinski definition) is 3. The lowest BCUT2D eigenvalue weighted by molar-refractivity contribution is -0.0168. The number of aromatic nitrogens is 1. The summed E-state index contributed by atoms with van der Waals surface area (Å²) in [7, 11) is 0. The van der Waals surface area contributed by atoms with E-state index in [0.717, 1.165) is 31.7 Å². The summed E-state index contributed by atoms with van der Waals surface area (Å²) in [6.07, 6.45) is 3.29. The minimum absolute atomic E-state index is 0.182. The number of nitrogens with zero attached hydrogens (tertiary/aromatic N) is 2. The summed E-state index contributed by atoms with van der Waals surface area (Å²) >= 11 is 5.91. The Kier molecular flexibility index (Phi) is 4.37. The van der Waals surface area contributed by atoms with E-state index in [4.69, 9.17) is 11.6 Å². The van der Waals surface area contributed by atoms with Crippen molar-refractivity contribution in [1.29, 1.82) is 0 Å². The molecule has 3 nitrogen and oxygen atoms in total. The zero-order valence-corrected chi connectivity index (χ0v) is 13.5. The van der Waals surface area contributed by atoms with Crippen molar-refractivity contribution in [3.05, 3.63) is 59.2 Å². The third-order valence-corrected chi connectivity index (χ3v) is 4.79. The Balaban J connectivity index is 1.76. The monoisotopic (exact) mass is 316 g/mol. The Bertz CT molecular complexity index is 613. The van der Waals surface area contributed by atoms with Crippen molar-refractivity contribution in [2.75, 3.05) is 18.0 Å². The van der Waals surface area contributed by atoms with Gasteiger partial charge in [-0.2, -0.15) is 0 Å². The largest absolute Gasteiger partial charge is 0.390 e. The maximum Gasteiger partial charge on any atom is 0.128 e. The molecule has 2 aromatic rings. The molecule has 1 fully saturated rings. The van der Waals surface area contributed by atoms with E-state index in [9.17, 15) is 5.11 Å². The highest BCUT2D eigenvalue weighted by Crippen LogP contribution is 2.32. The maximum atomic E-state index is 10.7. The van der Waals surface area contributed by atoms with Crippen LogP contribution in [0.4, 0.5) is 5.82 Å². The van der Waals surface area contributed by atoms with Crippen LogP contribution < -0.4 is 4.90 Å². The van der Waals surface area contributed by atoms with Gasteiger partial charge in [0.15, 0.2) is 0 Å². The van der Waals surface area contributed by atoms with Gasteiger partial charge < -0.3 is 10.0 Å². The average molecular weight is 317 g/mol. The van der Waals surface area contributed by atoms with Crippen LogP contribution in [0.5, 0.6) is 0 Å². The summed E-state index contributed by atoms with van der Waals surface area (Å²) in [6, 6.07) is 14.2. The molecule has 0 aliphatic carbocycles. The number of hydrogen-bond donors (Lipinski definition) is 1. The van der Waals surface area contributed by atoms with E-state index in [0.29, 0.717) is 5.02 Å². The number of pyridine rings is 1. The topological polar surface area (TPSA) is 36.4 Å². The zero-order chi connectivity index (χ0) is 15.6. The highest BCUT2D eigenvalue weighted by atomic mass is 35.5. The van der Waals surface area contributed by atoms with Gasteiger partial charge in [0.1, 0.15) is 5.82 Å². The van der Waals surface area contributed by atoms with Gasteiger partial charge in [-0.3, -0.25) is 0 Å². The molecular formula is C18H21ClN2O. The van der Waals surface area contributed by atoms with Crippen molar-refractivity contribution in [1.82, 2.24) is 4.98 Å². The van der Waals surface area contributed by atoms with Crippen LogP contribution in [0.1, 0.15) is 18.9 Å². The van der Waals surface area contributed by atoms with Crippen LogP contribution in [0.25, 0.3) is 0 Å². The lowest BCUT2D eigenvalue weighted by Crippen LogP contribution is -2.51. The van der Waals surface area contributed by atoms with Crippen LogP contribution in [0.3, 0.4) is 0 Å². The second-order valence-corrected chi connectivity index (χ2v) is 6.71. The lowest BCUT2D eigenvalue weighted by Gasteiger charge is -2.43. The number of piperidine rings is 1. The van der Waals surface area contributed by atoms with Crippen molar-refractivity contribution in [3.8, 4) is 0 Å². The molecular weight excluding hydrogens is 296 g/mol. The third-order valence-electron chi connectivity index (χ3n) is 4.57. The maximum absolute atomic E-state index is 10.7. The molecule has 0 spiro atoms. The van der Waals surface area contributed by atoms with Crippen LogP contribution in [-0.2, 0) is 6.42 Å². The predicted octanol–water partition coefficient (Wildman–Crippen LogP) is 3.56. The second kappa shape index (κ2) is 6.27. The van der Waals surface area contributed by atoms with Crippen molar-refractivity contribution < 1.29 is 5.11 Å². The van der Waals surface area contributed by atoms with Gasteiger partial charge in [-0.25, -0.2) is 4.98 Å². The van der Waals surface area contributed by atoms with Gasteiger partial charge in [-0.1, -0.05) is 41.9 Å². The molecule has 0 saturated carbocycles. The van der Waals surface area contributed by atoms with Crippen molar-refractivity contribution in [2.45, 2.75) is 25.4 Å². The summed E-state index contributed by atoms with van der Waals surface area (Å²) < 4.78 is 0. The summed E-state index contributed by atoms with van der Waals surface area (Å²) in [6.45, 7) is 3.57. The normalized spacial score (nSPS) is 25.2. The SMILES string of the molecule is C[C@@]1(O)CCN(c2ccc(Cl)cn2)C[C@@H]1Cc1ccccc1. The smallest absolute Gasteiger partial charge is 0.128 e. The highest BCUT2D eigenvalue weighted by Gasteiger charge is 2.37. The molecule has 0 radical (unpaired) electrons. The minimum Gasteiger partial charge on any atom is -0.390 e. The molecule has 0 unspecified atom stereocenters. The molecule has 1 aromatic heterocycles. The van der Waals surface area contributed by atoms with Crippen molar-refractivity contribution in [2.24, 2.45) is 5.92 Å². The van der Waals surface area contributed by atoms with Crippen LogP contribution in [0, 0.1) is 5.92 Å². The van der Waals surface area contributed by atoms with Gasteiger partial charge in [-0.15, -0.1) is 0 Å². The fourth-order valence-corrected chi connectivity index (χ4v) is 3.18. The molecule has 1 saturated heterocycles. The Morgan fingerprint density at radius 2 is 2.05 bits per heavy atom. The molecule has 1 N–H and O–H groups in total. The molecule has 3 rings (SSSR count). The first kappa shape index (κ1) is 15.3. The Labute approximate surface area is 136 Å². The molecule has 2 heterocycles. The molecule has 0 amide bonds. The summed E-state index contributed by atoms with van der Waals surface area (Å²) in [5, 5.41) is 11.4. The predicted molar refractivity (Wildman–Crippen MR) is 90.3 cm³/mol. The molecule has 2 atom stereocenters. The Hall–Kier alpha value is -1.58. The molecule has 4 heteroatoms. The van der Waals surface area contributed by atoms with E-state index >= 15 is 0 Å². The third kappa shape index (κ3) is 3.42. The van der Waals surface area contributed by atoms with Gasteiger partial charge in [0.05, 0.1) is 10.6 Å². The molecule has 1 aromatic carbocycles. The standard InChI is InChI=1S/C18H21ClN2O/c1-18(22)9-10-21(17-8-7-16(19)12-20-17)13-15(18)11-14-5-3-2-4-6-14/h2-8,12,15,22H,9-11,13H2,1H3/t15-,18+/m0/s1. The van der Waals surface area contributed by atoms with Gasteiger partial charge in [0, 0.05) is 25.2 Å². The number of rotatable bonds is 3. The van der Waals surface area contributed by atoms with Gasteiger partial charge >= 0.3 is 0 Å². The molecule has 0 bridgehead atoms. The molecule has 1 aliphatic rings. The van der Waals surface area contributed by atoms with E-state index in [1.165, 1.54) is 5.56 Å². The summed E-state index contributed by atoms with van der Waals surface area (Å²) in [5.74, 6) is 1.11. The zero-order valence-electron chi connectivity index (χ0n) is 12.7. The molecule has 22 heavy (non-hydrogen) atoms. The fraction of sp³-hybridized carbons (Fsp3) is 0.389. The first-order valence-corrected chi connectivity index (χ1v) is 8.05. The lowest BCUT2D eigenvalue weighted by atomic mass is 9.79. The number of anilines is 1. The summed E-state index contributed by atoms with van der Waals surface area (Å²) in [4.78, 5) is 6.64. The van der Waals surface area contributed by atoms with E-state index in [2.05, 4.69) is 22.0 Å². The Morgan fingerprint density at radius 3 is 2.73 bits per heavy atom. The first-order valence-electron chi connectivity index (χ1n) is 7.67. The second-order valence-electron chi connectivity index (χ2n) is 6.27. The van der Waals surface area contributed by atoms with Gasteiger partial charge in [0.25, 0.3) is 0 Å². The van der Waals surface area contributed by atoms with Crippen LogP contribution in [0.2, 0.25) is 5.02 Å². The highest BCUT2D eigenvalue weighted by molar-refractivity contribution is 6.30. The number of halogens is 1. The fourth-order valence-electron chi connectivity index (χ4n) is 3.07. The van der Waals surface area contributed by atoms with E-state index < -0.39 is 5.60 Å². The Morgan fingerprint density at radius 1 is 1.27 bits per heavy atom. The molecule has 1 aliphatic heterocycles. The quantitative estimate of drug-likeness (QED) is 0.940. The van der Waals surface area contributed by atoms with Crippen LogP contribution in [-0.4, -0.2) is 28.8 Å². The van der Waals surface area contributed by atoms with Crippen LogP contribution >= 0.6 is 11.6 Å². The van der Waals surface area contributed by atoms with E-state index in [1.807, 2.05) is 37.3 Å². The number of benzene rings is 1. The van der Waals surface area contributed by atoms with Gasteiger partial charge in [0.2, 0.25) is 0 Å². The minimum atomic E-state index is -0.640. The van der Waals surface area contributed by atoms with E-state index in [1.54, 1.807) is 6.20 Å². The first-order chi connectivity index (χ1) is 10.5. The molecule has 116 valence electrons. The van der Waals surface area contributed by atoms with Crippen molar-refractivity contribution in [3.63, 3.8) is 0 Å². The average Bonchev–Trinajstić information content (AvgIpc) is 2.51. The van der Waals surface area contributed by atoms with Crippen LogP contribution in [0.15, 0.2) is 48.7 Å². The summed E-state index contributed by atoms with van der Waals surface area (Å²) in [5.41, 5.74) is 0.623.